The second-order valence-corrected chi connectivity index (χ2v) is 3.07. The molecule has 0 aliphatic rings. The minimum Gasteiger partial charge on any atom is -0.396 e. The normalized spacial score (nSPS) is 12.4. The Kier molecular flexibility index (Phi) is 4.06. The average Bonchev–Trinajstić information content (AvgIpc) is 2.67. The number of nitrogens with one attached hydrogen (secondary N) is 2. The van der Waals surface area contributed by atoms with Crippen molar-refractivity contribution in [1.29, 1.82) is 0 Å². The van der Waals surface area contributed by atoms with Crippen LogP contribution in [0.5, 0.6) is 0 Å². The highest BCUT2D eigenvalue weighted by molar-refractivity contribution is 5.90. The van der Waals surface area contributed by atoms with Crippen molar-refractivity contribution in [1.82, 2.24) is 20.5 Å². The zero-order valence-electron chi connectivity index (χ0n) is 8.03. The van der Waals surface area contributed by atoms with Crippen molar-refractivity contribution in [3.05, 3.63) is 12.2 Å². The summed E-state index contributed by atoms with van der Waals surface area (Å²) in [7, 11) is 0. The molecule has 14 heavy (non-hydrogen) atoms. The fourth-order valence-electron chi connectivity index (χ4n) is 1.08. The van der Waals surface area contributed by atoms with E-state index < -0.39 is 0 Å². The lowest BCUT2D eigenvalue weighted by molar-refractivity contribution is 0.0926. The van der Waals surface area contributed by atoms with Gasteiger partial charge in [-0.25, -0.2) is 4.98 Å². The van der Waals surface area contributed by atoms with Crippen LogP contribution >= 0.6 is 0 Å². The van der Waals surface area contributed by atoms with E-state index in [1.807, 2.05) is 6.92 Å². The Labute approximate surface area is 81.7 Å². The molecule has 0 fully saturated rings. The average molecular weight is 198 g/mol. The zero-order valence-corrected chi connectivity index (χ0v) is 8.03. The summed E-state index contributed by atoms with van der Waals surface area (Å²) < 4.78 is 0. The first-order chi connectivity index (χ1) is 6.74. The van der Waals surface area contributed by atoms with Crippen molar-refractivity contribution in [2.75, 3.05) is 6.61 Å². The predicted molar refractivity (Wildman–Crippen MR) is 49.6 cm³/mol. The molecule has 3 N–H and O–H groups in total. The molecule has 1 heterocycles. The van der Waals surface area contributed by atoms with Crippen molar-refractivity contribution in [2.24, 2.45) is 0 Å². The number of aliphatic hydroxyl groups is 1. The molecule has 0 bridgehead atoms. The van der Waals surface area contributed by atoms with Gasteiger partial charge in [-0.2, -0.15) is 5.10 Å². The van der Waals surface area contributed by atoms with Gasteiger partial charge >= 0.3 is 0 Å². The van der Waals surface area contributed by atoms with Crippen LogP contribution in [0.15, 0.2) is 6.33 Å². The highest BCUT2D eigenvalue weighted by Crippen LogP contribution is 1.96. The summed E-state index contributed by atoms with van der Waals surface area (Å²) >= 11 is 0. The molecule has 0 aromatic carbocycles. The van der Waals surface area contributed by atoms with Gasteiger partial charge in [-0.15, -0.1) is 0 Å². The molecule has 6 nitrogen and oxygen atoms in total. The van der Waals surface area contributed by atoms with Crippen LogP contribution in [-0.4, -0.2) is 38.8 Å². The first-order valence-electron chi connectivity index (χ1n) is 4.51. The number of hydrogen-bond donors (Lipinski definition) is 3. The molecule has 1 atom stereocenters. The quantitative estimate of drug-likeness (QED) is 0.605. The van der Waals surface area contributed by atoms with Gasteiger partial charge in [0.1, 0.15) is 6.33 Å². The maximum atomic E-state index is 11.4. The van der Waals surface area contributed by atoms with Crippen molar-refractivity contribution in [3.8, 4) is 0 Å². The van der Waals surface area contributed by atoms with Crippen LogP contribution in [0.3, 0.4) is 0 Å². The van der Waals surface area contributed by atoms with Crippen LogP contribution in [0.4, 0.5) is 0 Å². The van der Waals surface area contributed by atoms with Gasteiger partial charge in [0.05, 0.1) is 0 Å². The summed E-state index contributed by atoms with van der Waals surface area (Å²) in [6, 6.07) is 0.0275. The lowest BCUT2D eigenvalue weighted by Crippen LogP contribution is -2.33. The molecule has 1 rings (SSSR count). The molecule has 1 amide bonds. The van der Waals surface area contributed by atoms with Gasteiger partial charge in [0.15, 0.2) is 0 Å². The minimum atomic E-state index is -0.270. The second-order valence-electron chi connectivity index (χ2n) is 3.07. The number of nitrogens with zero attached hydrogens (tertiary/aromatic N) is 2. The van der Waals surface area contributed by atoms with E-state index in [1.54, 1.807) is 0 Å². The standard InChI is InChI=1S/C8H14N4O2/c1-6(3-2-4-13)11-8(14)7-9-5-10-12-7/h5-6,13H,2-4H2,1H3,(H,11,14)(H,9,10,12). The summed E-state index contributed by atoms with van der Waals surface area (Å²) in [6.45, 7) is 2.02. The molecule has 0 aliphatic heterocycles. The number of amides is 1. The van der Waals surface area contributed by atoms with E-state index in [0.29, 0.717) is 6.42 Å². The predicted octanol–water partition coefficient (Wildman–Crippen LogP) is -0.305. The summed E-state index contributed by atoms with van der Waals surface area (Å²) in [4.78, 5) is 15.1. The molecule has 0 saturated heterocycles. The molecule has 1 aromatic heterocycles. The van der Waals surface area contributed by atoms with Crippen LogP contribution < -0.4 is 5.32 Å². The van der Waals surface area contributed by atoms with E-state index in [4.69, 9.17) is 5.11 Å². The van der Waals surface area contributed by atoms with Gasteiger partial charge in [0.2, 0.25) is 5.82 Å². The number of H-pyrrole nitrogens is 1. The number of carbonyl (C=O) groups is 1. The van der Waals surface area contributed by atoms with Crippen LogP contribution in [0.25, 0.3) is 0 Å². The molecular formula is C8H14N4O2. The molecular weight excluding hydrogens is 184 g/mol. The number of carbonyl (C=O) groups excluding carboxylic acids is 1. The number of aromatic amines is 1. The molecule has 1 unspecified atom stereocenters. The van der Waals surface area contributed by atoms with Crippen molar-refractivity contribution in [3.63, 3.8) is 0 Å². The molecule has 78 valence electrons. The van der Waals surface area contributed by atoms with Crippen LogP contribution in [0, 0.1) is 0 Å². The lowest BCUT2D eigenvalue weighted by atomic mass is 10.2. The third kappa shape index (κ3) is 3.14. The fraction of sp³-hybridized carbons (Fsp3) is 0.625. The summed E-state index contributed by atoms with van der Waals surface area (Å²) in [6.07, 6.45) is 2.71. The van der Waals surface area contributed by atoms with Crippen molar-refractivity contribution >= 4 is 5.91 Å². The Hall–Kier alpha value is -1.43. The Balaban J connectivity index is 2.34. The third-order valence-electron chi connectivity index (χ3n) is 1.80. The first-order valence-corrected chi connectivity index (χ1v) is 4.51. The van der Waals surface area contributed by atoms with E-state index in [0.717, 1.165) is 6.42 Å². The van der Waals surface area contributed by atoms with Crippen molar-refractivity contribution < 1.29 is 9.90 Å². The molecule has 0 saturated carbocycles. The maximum Gasteiger partial charge on any atom is 0.288 e. The largest absolute Gasteiger partial charge is 0.396 e. The van der Waals surface area contributed by atoms with E-state index in [-0.39, 0.29) is 24.4 Å². The molecule has 1 aromatic rings. The number of rotatable bonds is 5. The highest BCUT2D eigenvalue weighted by atomic mass is 16.3. The van der Waals surface area contributed by atoms with Gasteiger partial charge in [0.25, 0.3) is 5.91 Å². The summed E-state index contributed by atoms with van der Waals surface area (Å²) in [5.74, 6) is -0.0613. The molecule has 0 radical (unpaired) electrons. The SMILES string of the molecule is CC(CCCO)NC(=O)c1ncn[nH]1. The topological polar surface area (TPSA) is 90.9 Å². The Morgan fingerprint density at radius 1 is 1.79 bits per heavy atom. The smallest absolute Gasteiger partial charge is 0.288 e. The van der Waals surface area contributed by atoms with E-state index in [9.17, 15) is 4.79 Å². The fourth-order valence-corrected chi connectivity index (χ4v) is 1.08. The molecule has 0 aliphatic carbocycles. The first kappa shape index (κ1) is 10.6. The third-order valence-corrected chi connectivity index (χ3v) is 1.80. The Bertz CT molecular complexity index is 273. The second kappa shape index (κ2) is 5.33. The van der Waals surface area contributed by atoms with Gasteiger partial charge < -0.3 is 10.4 Å². The van der Waals surface area contributed by atoms with Crippen molar-refractivity contribution in [2.45, 2.75) is 25.8 Å². The Morgan fingerprint density at radius 3 is 3.14 bits per heavy atom. The van der Waals surface area contributed by atoms with Crippen LogP contribution in [0.1, 0.15) is 30.4 Å². The van der Waals surface area contributed by atoms with Gasteiger partial charge in [0, 0.05) is 12.6 Å². The van der Waals surface area contributed by atoms with Gasteiger partial charge in [-0.3, -0.25) is 9.89 Å². The summed E-state index contributed by atoms with van der Waals surface area (Å²) in [5, 5.41) is 17.4. The van der Waals surface area contributed by atoms with Gasteiger partial charge in [-0.05, 0) is 19.8 Å². The number of hydrogen-bond acceptors (Lipinski definition) is 4. The van der Waals surface area contributed by atoms with Gasteiger partial charge in [-0.1, -0.05) is 0 Å². The highest BCUT2D eigenvalue weighted by Gasteiger charge is 2.11. The van der Waals surface area contributed by atoms with Crippen LogP contribution in [0.2, 0.25) is 0 Å². The maximum absolute atomic E-state index is 11.4. The monoisotopic (exact) mass is 198 g/mol. The number of aromatic nitrogens is 3. The Morgan fingerprint density at radius 2 is 2.57 bits per heavy atom. The zero-order chi connectivity index (χ0) is 10.4. The van der Waals surface area contributed by atoms with E-state index in [2.05, 4.69) is 20.5 Å². The van der Waals surface area contributed by atoms with E-state index in [1.165, 1.54) is 6.33 Å². The van der Waals surface area contributed by atoms with Crippen LogP contribution in [-0.2, 0) is 0 Å². The molecule has 0 spiro atoms. The molecule has 6 heteroatoms. The number of aliphatic hydroxyl groups excluding tert-OH is 1. The van der Waals surface area contributed by atoms with E-state index >= 15 is 0 Å². The minimum absolute atomic E-state index is 0.0275. The lowest BCUT2D eigenvalue weighted by Gasteiger charge is -2.11. The summed E-state index contributed by atoms with van der Waals surface area (Å²) in [5.41, 5.74) is 0.